The van der Waals surface area contributed by atoms with Gasteiger partial charge in [-0.25, -0.2) is 0 Å². The van der Waals surface area contributed by atoms with Gasteiger partial charge in [0.25, 0.3) is 5.69 Å². The minimum absolute atomic E-state index is 0.175. The van der Waals surface area contributed by atoms with Gasteiger partial charge < -0.3 is 4.90 Å². The zero-order valence-electron chi connectivity index (χ0n) is 12.8. The van der Waals surface area contributed by atoms with Crippen LogP contribution in [0.3, 0.4) is 0 Å². The van der Waals surface area contributed by atoms with Crippen molar-refractivity contribution in [1.29, 1.82) is 0 Å². The van der Waals surface area contributed by atoms with E-state index in [9.17, 15) is 10.1 Å². The Morgan fingerprint density at radius 2 is 1.90 bits per heavy atom. The van der Waals surface area contributed by atoms with Crippen molar-refractivity contribution in [3.05, 3.63) is 33.9 Å². The number of halogens is 1. The number of hydrogen-bond acceptors (Lipinski definition) is 3. The number of benzene rings is 1. The largest absolute Gasteiger partial charge is 0.366 e. The maximum absolute atomic E-state index is 11.3. The highest BCUT2D eigenvalue weighted by atomic mass is 35.5. The zero-order valence-corrected chi connectivity index (χ0v) is 13.5. The third kappa shape index (κ3) is 3.31. The van der Waals surface area contributed by atoms with E-state index in [2.05, 4.69) is 18.7 Å². The Labute approximate surface area is 131 Å². The van der Waals surface area contributed by atoms with Crippen LogP contribution in [0.2, 0.25) is 0 Å². The first-order valence-electron chi connectivity index (χ1n) is 7.63. The van der Waals surface area contributed by atoms with Crippen LogP contribution in [-0.2, 0) is 5.88 Å². The quantitative estimate of drug-likeness (QED) is 0.448. The first-order valence-corrected chi connectivity index (χ1v) is 8.17. The van der Waals surface area contributed by atoms with Gasteiger partial charge in [-0.05, 0) is 29.9 Å². The van der Waals surface area contributed by atoms with Gasteiger partial charge in [0.1, 0.15) is 5.69 Å². The van der Waals surface area contributed by atoms with E-state index >= 15 is 0 Å². The number of rotatable bonds is 5. The van der Waals surface area contributed by atoms with E-state index in [0.29, 0.717) is 11.3 Å². The summed E-state index contributed by atoms with van der Waals surface area (Å²) in [5.41, 5.74) is 2.12. The van der Waals surface area contributed by atoms with Crippen LogP contribution in [0.5, 0.6) is 0 Å². The Bertz CT molecular complexity index is 505. The van der Waals surface area contributed by atoms with Gasteiger partial charge >= 0.3 is 0 Å². The molecule has 1 aliphatic rings. The summed E-state index contributed by atoms with van der Waals surface area (Å²) in [5.74, 6) is 0.301. The van der Waals surface area contributed by atoms with E-state index < -0.39 is 0 Å². The number of hydrogen-bond donors (Lipinski definition) is 0. The Hall–Kier alpha value is -1.29. The minimum atomic E-state index is -0.299. The predicted octanol–water partition coefficient (Wildman–Crippen LogP) is 4.74. The van der Waals surface area contributed by atoms with Crippen LogP contribution >= 0.6 is 11.6 Å². The third-order valence-corrected chi connectivity index (χ3v) is 5.36. The number of anilines is 1. The number of nitrogens with zero attached hydrogens (tertiary/aromatic N) is 2. The smallest absolute Gasteiger partial charge is 0.292 e. The highest BCUT2D eigenvalue weighted by Gasteiger charge is 2.33. The van der Waals surface area contributed by atoms with Gasteiger partial charge in [-0.2, -0.15) is 0 Å². The molecular formula is C16H23ClN2O2. The van der Waals surface area contributed by atoms with Crippen molar-refractivity contribution in [2.75, 3.05) is 18.0 Å². The van der Waals surface area contributed by atoms with Crippen molar-refractivity contribution in [3.63, 3.8) is 0 Å². The molecule has 1 aliphatic heterocycles. The highest BCUT2D eigenvalue weighted by molar-refractivity contribution is 6.17. The fraction of sp³-hybridized carbons (Fsp3) is 0.625. The van der Waals surface area contributed by atoms with Crippen LogP contribution < -0.4 is 4.90 Å². The molecule has 5 heteroatoms. The average molecular weight is 311 g/mol. The molecule has 0 bridgehead atoms. The average Bonchev–Trinajstić information content (AvgIpc) is 2.54. The molecule has 0 atom stereocenters. The van der Waals surface area contributed by atoms with Crippen molar-refractivity contribution in [2.24, 2.45) is 5.41 Å². The summed E-state index contributed by atoms with van der Waals surface area (Å²) in [6, 6.07) is 5.33. The monoisotopic (exact) mass is 310 g/mol. The summed E-state index contributed by atoms with van der Waals surface area (Å²) < 4.78 is 0. The Balaban J connectivity index is 2.22. The SMILES string of the molecule is CCC1(CC)CCN(c2ccc(CCl)cc2[N+](=O)[O-])CC1. The van der Waals surface area contributed by atoms with Gasteiger partial charge in [0.2, 0.25) is 0 Å². The fourth-order valence-corrected chi connectivity index (χ4v) is 3.41. The maximum atomic E-state index is 11.3. The van der Waals surface area contributed by atoms with Crippen LogP contribution in [0, 0.1) is 15.5 Å². The number of nitro benzene ring substituents is 1. The molecule has 1 aromatic rings. The Morgan fingerprint density at radius 1 is 1.29 bits per heavy atom. The molecule has 0 amide bonds. The summed E-state index contributed by atoms with van der Waals surface area (Å²) in [7, 11) is 0. The molecule has 0 saturated carbocycles. The van der Waals surface area contributed by atoms with Crippen molar-refractivity contribution in [2.45, 2.75) is 45.4 Å². The molecule has 1 saturated heterocycles. The topological polar surface area (TPSA) is 46.4 Å². The summed E-state index contributed by atoms with van der Waals surface area (Å²) in [6.45, 7) is 6.28. The lowest BCUT2D eigenvalue weighted by molar-refractivity contribution is -0.384. The van der Waals surface area contributed by atoms with Crippen LogP contribution in [-0.4, -0.2) is 18.0 Å². The molecule has 1 fully saturated rings. The van der Waals surface area contributed by atoms with E-state index in [-0.39, 0.29) is 10.6 Å². The normalized spacial score (nSPS) is 17.8. The lowest BCUT2D eigenvalue weighted by atomic mass is 9.74. The van der Waals surface area contributed by atoms with Crippen LogP contribution in [0.15, 0.2) is 18.2 Å². The Kier molecular flexibility index (Phi) is 5.09. The van der Waals surface area contributed by atoms with Crippen molar-refractivity contribution in [3.8, 4) is 0 Å². The van der Waals surface area contributed by atoms with Crippen LogP contribution in [0.25, 0.3) is 0 Å². The second-order valence-corrected chi connectivity index (χ2v) is 6.18. The van der Waals surface area contributed by atoms with Gasteiger partial charge in [-0.1, -0.05) is 32.8 Å². The Morgan fingerprint density at radius 3 is 2.38 bits per heavy atom. The van der Waals surface area contributed by atoms with E-state index in [4.69, 9.17) is 11.6 Å². The molecule has 0 aliphatic carbocycles. The summed E-state index contributed by atoms with van der Waals surface area (Å²) in [5, 5.41) is 11.3. The maximum Gasteiger partial charge on any atom is 0.292 e. The van der Waals surface area contributed by atoms with E-state index in [0.717, 1.165) is 37.2 Å². The molecular weight excluding hydrogens is 288 g/mol. The fourth-order valence-electron chi connectivity index (χ4n) is 3.24. The molecule has 0 unspecified atom stereocenters. The van der Waals surface area contributed by atoms with E-state index in [1.54, 1.807) is 6.07 Å². The minimum Gasteiger partial charge on any atom is -0.366 e. The molecule has 1 heterocycles. The van der Waals surface area contributed by atoms with Gasteiger partial charge in [0, 0.05) is 25.0 Å². The second-order valence-electron chi connectivity index (χ2n) is 5.91. The molecule has 1 aromatic carbocycles. The first-order chi connectivity index (χ1) is 10.0. The number of piperidine rings is 1. The lowest BCUT2D eigenvalue weighted by Gasteiger charge is -2.41. The van der Waals surface area contributed by atoms with Crippen molar-refractivity contribution < 1.29 is 4.92 Å². The molecule has 21 heavy (non-hydrogen) atoms. The summed E-state index contributed by atoms with van der Waals surface area (Å²) in [4.78, 5) is 13.2. The van der Waals surface area contributed by atoms with Crippen LogP contribution in [0.4, 0.5) is 11.4 Å². The molecule has 0 N–H and O–H groups in total. The highest BCUT2D eigenvalue weighted by Crippen LogP contribution is 2.41. The van der Waals surface area contributed by atoms with Crippen molar-refractivity contribution in [1.82, 2.24) is 0 Å². The number of nitro groups is 1. The molecule has 4 nitrogen and oxygen atoms in total. The second kappa shape index (κ2) is 6.65. The summed E-state index contributed by atoms with van der Waals surface area (Å²) >= 11 is 5.78. The molecule has 0 radical (unpaired) electrons. The molecule has 2 rings (SSSR count). The van der Waals surface area contributed by atoms with Gasteiger partial charge in [-0.3, -0.25) is 10.1 Å². The van der Waals surface area contributed by atoms with Crippen LogP contribution in [0.1, 0.15) is 45.1 Å². The molecule has 0 aromatic heterocycles. The van der Waals surface area contributed by atoms with Gasteiger partial charge in [-0.15, -0.1) is 11.6 Å². The van der Waals surface area contributed by atoms with Crippen molar-refractivity contribution >= 4 is 23.0 Å². The lowest BCUT2D eigenvalue weighted by Crippen LogP contribution is -2.39. The van der Waals surface area contributed by atoms with E-state index in [1.807, 2.05) is 12.1 Å². The predicted molar refractivity (Wildman–Crippen MR) is 87.1 cm³/mol. The van der Waals surface area contributed by atoms with Gasteiger partial charge in [0.05, 0.1) is 4.92 Å². The van der Waals surface area contributed by atoms with E-state index in [1.165, 1.54) is 12.8 Å². The third-order valence-electron chi connectivity index (χ3n) is 5.06. The summed E-state index contributed by atoms with van der Waals surface area (Å²) in [6.07, 6.45) is 4.58. The zero-order chi connectivity index (χ0) is 15.5. The molecule has 116 valence electrons. The number of alkyl halides is 1. The molecule has 0 spiro atoms. The standard InChI is InChI=1S/C16H23ClN2O2/c1-3-16(4-2)7-9-18(10-8-16)14-6-5-13(12-17)11-15(14)19(20)21/h5-6,11H,3-4,7-10,12H2,1-2H3. The van der Waals surface area contributed by atoms with Gasteiger partial charge in [0.15, 0.2) is 0 Å². The first kappa shape index (κ1) is 16.1.